The van der Waals surface area contributed by atoms with Gasteiger partial charge in [-0.2, -0.15) is 0 Å². The first-order valence-electron chi connectivity index (χ1n) is 10.2. The molecule has 0 saturated carbocycles. The van der Waals surface area contributed by atoms with E-state index in [-0.39, 0.29) is 18.3 Å². The van der Waals surface area contributed by atoms with Gasteiger partial charge in [-0.15, -0.1) is 0 Å². The molecule has 1 saturated heterocycles. The molecular weight excluding hydrogens is 357 g/mol. The van der Waals surface area contributed by atoms with Gasteiger partial charge in [0.15, 0.2) is 0 Å². The van der Waals surface area contributed by atoms with E-state index in [1.165, 1.54) is 27.4 Å². The lowest BCUT2D eigenvalue weighted by Gasteiger charge is -2.32. The summed E-state index contributed by atoms with van der Waals surface area (Å²) < 4.78 is 14.9. The lowest BCUT2D eigenvalue weighted by atomic mass is 9.76. The number of fused-ring (bicyclic) bond motifs is 3. The van der Waals surface area contributed by atoms with Gasteiger partial charge in [-0.05, 0) is 69.9 Å². The molecule has 0 aliphatic carbocycles. The Kier molecular flexibility index (Phi) is 3.96. The zero-order valence-electron chi connectivity index (χ0n) is 17.7. The normalized spacial score (nSPS) is 18.0. The van der Waals surface area contributed by atoms with Crippen LogP contribution in [0.3, 0.4) is 0 Å². The van der Waals surface area contributed by atoms with Crippen LogP contribution in [0.4, 0.5) is 0 Å². The molecule has 0 unspecified atom stereocenters. The van der Waals surface area contributed by atoms with Gasteiger partial charge < -0.3 is 13.9 Å². The first kappa shape index (κ1) is 18.5. The number of hydrogen-bond acceptors (Lipinski definition) is 2. The number of hydrogen-bond donors (Lipinski definition) is 0. The van der Waals surface area contributed by atoms with Gasteiger partial charge >= 0.3 is 7.12 Å². The van der Waals surface area contributed by atoms with Gasteiger partial charge in [-0.25, -0.2) is 0 Å². The van der Waals surface area contributed by atoms with Crippen LogP contribution in [0.1, 0.15) is 33.3 Å². The largest absolute Gasteiger partial charge is 0.495 e. The summed E-state index contributed by atoms with van der Waals surface area (Å²) in [6.45, 7) is 10.5. The van der Waals surface area contributed by atoms with E-state index in [0.717, 1.165) is 11.2 Å². The van der Waals surface area contributed by atoms with Gasteiger partial charge in [0.2, 0.25) is 0 Å². The number of para-hydroxylation sites is 2. The lowest BCUT2D eigenvalue weighted by Crippen LogP contribution is -2.41. The Morgan fingerprint density at radius 3 is 1.76 bits per heavy atom. The van der Waals surface area contributed by atoms with E-state index >= 15 is 0 Å². The molecule has 1 aliphatic heterocycles. The van der Waals surface area contributed by atoms with E-state index in [9.17, 15) is 0 Å². The molecule has 1 aliphatic rings. The summed E-state index contributed by atoms with van der Waals surface area (Å²) in [6.07, 6.45) is 0. The molecule has 0 radical (unpaired) electrons. The highest BCUT2D eigenvalue weighted by Crippen LogP contribution is 2.37. The van der Waals surface area contributed by atoms with Crippen LogP contribution >= 0.6 is 0 Å². The van der Waals surface area contributed by atoms with E-state index in [4.69, 9.17) is 9.31 Å². The van der Waals surface area contributed by atoms with E-state index in [1.807, 2.05) is 0 Å². The predicted octanol–water partition coefficient (Wildman–Crippen LogP) is 5.39. The second kappa shape index (κ2) is 6.22. The van der Waals surface area contributed by atoms with E-state index in [2.05, 4.69) is 106 Å². The minimum absolute atomic E-state index is 0.338. The Hall–Kier alpha value is -2.56. The summed E-state index contributed by atoms with van der Waals surface area (Å²) in [4.78, 5) is 0. The summed E-state index contributed by atoms with van der Waals surface area (Å²) in [5.41, 5.74) is 5.18. The molecule has 4 aromatic rings. The van der Waals surface area contributed by atoms with Gasteiger partial charge in [0, 0.05) is 16.5 Å². The average Bonchev–Trinajstić information content (AvgIpc) is 3.12. The van der Waals surface area contributed by atoms with Crippen molar-refractivity contribution in [1.29, 1.82) is 0 Å². The maximum Gasteiger partial charge on any atom is 0.495 e. The number of rotatable bonds is 2. The maximum atomic E-state index is 6.27. The van der Waals surface area contributed by atoms with Crippen molar-refractivity contribution >= 4 is 34.4 Å². The van der Waals surface area contributed by atoms with E-state index in [1.54, 1.807) is 0 Å². The summed E-state index contributed by atoms with van der Waals surface area (Å²) in [5, 5.41) is 2.55. The third-order valence-corrected chi connectivity index (χ3v) is 6.60. The second-order valence-electron chi connectivity index (χ2n) is 9.00. The molecule has 0 amide bonds. The third-order valence-electron chi connectivity index (χ3n) is 6.60. The molecule has 1 aromatic heterocycles. The number of nitrogens with zero attached hydrogens (tertiary/aromatic N) is 1. The monoisotopic (exact) mass is 383 g/mol. The number of benzene rings is 3. The van der Waals surface area contributed by atoms with Crippen molar-refractivity contribution in [2.24, 2.45) is 0 Å². The Morgan fingerprint density at radius 2 is 1.24 bits per heavy atom. The Morgan fingerprint density at radius 1 is 0.724 bits per heavy atom. The fourth-order valence-electron chi connectivity index (χ4n) is 4.23. The smallest absolute Gasteiger partial charge is 0.399 e. The summed E-state index contributed by atoms with van der Waals surface area (Å²) >= 11 is 0. The van der Waals surface area contributed by atoms with Crippen molar-refractivity contribution in [2.75, 3.05) is 0 Å². The quantitative estimate of drug-likeness (QED) is 0.433. The first-order valence-corrected chi connectivity index (χ1v) is 10.2. The van der Waals surface area contributed by atoms with Crippen LogP contribution < -0.4 is 5.46 Å². The Bertz CT molecular complexity index is 1170. The molecular formula is C25H26BNO2. The standard InChI is InChI=1S/C25H26BNO2/c1-17-16-18(14-15-21(17)26-28-24(2,3)25(4,5)29-26)27-22-12-8-6-10-19(22)20-11-7-9-13-23(20)27/h6-16H,1-5H3. The van der Waals surface area contributed by atoms with Crippen molar-refractivity contribution in [3.63, 3.8) is 0 Å². The van der Waals surface area contributed by atoms with E-state index < -0.39 is 0 Å². The molecule has 0 spiro atoms. The molecule has 2 heterocycles. The van der Waals surface area contributed by atoms with Crippen LogP contribution in [0, 0.1) is 6.92 Å². The van der Waals surface area contributed by atoms with Gasteiger partial charge in [-0.3, -0.25) is 0 Å². The SMILES string of the molecule is Cc1cc(-n2c3ccccc3c3ccccc32)ccc1B1OC(C)(C)C(C)(C)O1. The van der Waals surface area contributed by atoms with Crippen LogP contribution in [-0.2, 0) is 9.31 Å². The molecule has 1 fully saturated rings. The van der Waals surface area contributed by atoms with Crippen molar-refractivity contribution in [1.82, 2.24) is 4.57 Å². The van der Waals surface area contributed by atoms with Crippen molar-refractivity contribution < 1.29 is 9.31 Å². The minimum Gasteiger partial charge on any atom is -0.399 e. The topological polar surface area (TPSA) is 23.4 Å². The van der Waals surface area contributed by atoms with Crippen LogP contribution in [0.25, 0.3) is 27.5 Å². The number of aryl methyl sites for hydroxylation is 1. The fraction of sp³-hybridized carbons (Fsp3) is 0.280. The highest BCUT2D eigenvalue weighted by molar-refractivity contribution is 6.62. The Balaban J connectivity index is 1.64. The fourth-order valence-corrected chi connectivity index (χ4v) is 4.23. The van der Waals surface area contributed by atoms with Crippen molar-refractivity contribution in [3.05, 3.63) is 72.3 Å². The molecule has 3 aromatic carbocycles. The highest BCUT2D eigenvalue weighted by atomic mass is 16.7. The molecule has 4 heteroatoms. The van der Waals surface area contributed by atoms with Gasteiger partial charge in [-0.1, -0.05) is 42.5 Å². The second-order valence-corrected chi connectivity index (χ2v) is 9.00. The van der Waals surface area contributed by atoms with Gasteiger partial charge in [0.1, 0.15) is 0 Å². The predicted molar refractivity (Wildman–Crippen MR) is 121 cm³/mol. The van der Waals surface area contributed by atoms with Gasteiger partial charge in [0.25, 0.3) is 0 Å². The Labute approximate surface area is 172 Å². The van der Waals surface area contributed by atoms with Crippen molar-refractivity contribution in [2.45, 2.75) is 45.8 Å². The molecule has 0 atom stereocenters. The van der Waals surface area contributed by atoms with E-state index in [0.29, 0.717) is 0 Å². The van der Waals surface area contributed by atoms with Gasteiger partial charge in [0.05, 0.1) is 22.2 Å². The van der Waals surface area contributed by atoms with Crippen LogP contribution in [0.5, 0.6) is 0 Å². The lowest BCUT2D eigenvalue weighted by molar-refractivity contribution is 0.00578. The van der Waals surface area contributed by atoms with Crippen molar-refractivity contribution in [3.8, 4) is 5.69 Å². The van der Waals surface area contributed by atoms with Crippen LogP contribution in [0.2, 0.25) is 0 Å². The molecule has 3 nitrogen and oxygen atoms in total. The first-order chi connectivity index (χ1) is 13.8. The molecule has 29 heavy (non-hydrogen) atoms. The highest BCUT2D eigenvalue weighted by Gasteiger charge is 2.52. The summed E-state index contributed by atoms with van der Waals surface area (Å²) in [5.74, 6) is 0. The summed E-state index contributed by atoms with van der Waals surface area (Å²) in [7, 11) is -0.341. The molecule has 5 rings (SSSR count). The molecule has 146 valence electrons. The summed E-state index contributed by atoms with van der Waals surface area (Å²) in [6, 6.07) is 23.7. The van der Waals surface area contributed by atoms with Crippen LogP contribution in [-0.4, -0.2) is 22.9 Å². The third kappa shape index (κ3) is 2.74. The molecule has 0 N–H and O–H groups in total. The zero-order valence-corrected chi connectivity index (χ0v) is 17.7. The number of aromatic nitrogens is 1. The average molecular weight is 383 g/mol. The minimum atomic E-state index is -0.341. The zero-order chi connectivity index (χ0) is 20.4. The van der Waals surface area contributed by atoms with Crippen LogP contribution in [0.15, 0.2) is 66.7 Å². The molecule has 0 bridgehead atoms. The maximum absolute atomic E-state index is 6.27.